The van der Waals surface area contributed by atoms with Crippen molar-refractivity contribution in [2.24, 2.45) is 0 Å². The van der Waals surface area contributed by atoms with E-state index in [0.29, 0.717) is 5.56 Å². The first-order chi connectivity index (χ1) is 8.15. The molecule has 0 radical (unpaired) electrons. The molecule has 0 aromatic heterocycles. The minimum atomic E-state index is -0.211. The van der Waals surface area contributed by atoms with Crippen molar-refractivity contribution >= 4 is 5.91 Å². The van der Waals surface area contributed by atoms with E-state index in [9.17, 15) is 9.90 Å². The van der Waals surface area contributed by atoms with Crippen molar-refractivity contribution < 1.29 is 15.0 Å². The molecule has 0 unspecified atom stereocenters. The number of aliphatic hydroxyl groups is 1. The summed E-state index contributed by atoms with van der Waals surface area (Å²) in [6.07, 6.45) is 2.94. The van der Waals surface area contributed by atoms with Crippen LogP contribution >= 0.6 is 0 Å². The molecule has 0 heterocycles. The topological polar surface area (TPSA) is 69.6 Å². The molecule has 1 amide bonds. The van der Waals surface area contributed by atoms with E-state index < -0.39 is 0 Å². The number of hydrogen-bond donors (Lipinski definition) is 3. The van der Waals surface area contributed by atoms with Gasteiger partial charge >= 0.3 is 0 Å². The van der Waals surface area contributed by atoms with Crippen molar-refractivity contribution in [2.45, 2.75) is 37.8 Å². The second-order valence-electron chi connectivity index (χ2n) is 4.53. The van der Waals surface area contributed by atoms with Crippen LogP contribution in [-0.4, -0.2) is 28.3 Å². The molecule has 0 atom stereocenters. The van der Waals surface area contributed by atoms with Gasteiger partial charge < -0.3 is 15.5 Å². The van der Waals surface area contributed by atoms with E-state index in [1.807, 2.05) is 0 Å². The van der Waals surface area contributed by atoms with Gasteiger partial charge in [-0.2, -0.15) is 0 Å². The van der Waals surface area contributed by atoms with Gasteiger partial charge in [-0.25, -0.2) is 0 Å². The highest BCUT2D eigenvalue weighted by Crippen LogP contribution is 2.19. The van der Waals surface area contributed by atoms with Gasteiger partial charge in [0.05, 0.1) is 6.10 Å². The highest BCUT2D eigenvalue weighted by Gasteiger charge is 2.21. The van der Waals surface area contributed by atoms with Crippen LogP contribution in [0.4, 0.5) is 0 Å². The van der Waals surface area contributed by atoms with Gasteiger partial charge in [-0.3, -0.25) is 4.79 Å². The van der Waals surface area contributed by atoms with Crippen molar-refractivity contribution in [3.8, 4) is 5.75 Å². The lowest BCUT2D eigenvalue weighted by atomic mass is 9.93. The Hall–Kier alpha value is -1.55. The van der Waals surface area contributed by atoms with Crippen LogP contribution in [0.3, 0.4) is 0 Å². The molecule has 1 aromatic carbocycles. The summed E-state index contributed by atoms with van der Waals surface area (Å²) in [6, 6.07) is 6.35. The molecule has 2 rings (SSSR count). The summed E-state index contributed by atoms with van der Waals surface area (Å²) >= 11 is 0. The maximum atomic E-state index is 11.9. The SMILES string of the molecule is O=C(NC1CCC(O)CC1)c1ccc(O)cc1. The first-order valence-corrected chi connectivity index (χ1v) is 5.93. The van der Waals surface area contributed by atoms with Gasteiger partial charge in [0.25, 0.3) is 5.91 Å². The molecule has 1 aromatic rings. The molecule has 92 valence electrons. The average molecular weight is 235 g/mol. The molecule has 1 fully saturated rings. The van der Waals surface area contributed by atoms with E-state index in [0.717, 1.165) is 25.7 Å². The fourth-order valence-electron chi connectivity index (χ4n) is 2.10. The molecule has 0 spiro atoms. The number of carbonyl (C=O) groups excluding carboxylic acids is 1. The van der Waals surface area contributed by atoms with Crippen LogP contribution in [0, 0.1) is 0 Å². The molecule has 0 saturated heterocycles. The van der Waals surface area contributed by atoms with Crippen LogP contribution in [-0.2, 0) is 0 Å². The van der Waals surface area contributed by atoms with Crippen LogP contribution in [0.2, 0.25) is 0 Å². The maximum Gasteiger partial charge on any atom is 0.251 e. The summed E-state index contributed by atoms with van der Waals surface area (Å²) in [5.41, 5.74) is 0.550. The monoisotopic (exact) mass is 235 g/mol. The minimum Gasteiger partial charge on any atom is -0.508 e. The highest BCUT2D eigenvalue weighted by molar-refractivity contribution is 5.94. The van der Waals surface area contributed by atoms with Gasteiger partial charge in [-0.05, 0) is 49.9 Å². The average Bonchev–Trinajstić information content (AvgIpc) is 2.33. The molecule has 3 N–H and O–H groups in total. The Balaban J connectivity index is 1.91. The summed E-state index contributed by atoms with van der Waals surface area (Å²) < 4.78 is 0. The van der Waals surface area contributed by atoms with E-state index in [1.54, 1.807) is 12.1 Å². The van der Waals surface area contributed by atoms with Crippen molar-refractivity contribution in [3.63, 3.8) is 0 Å². The van der Waals surface area contributed by atoms with Crippen molar-refractivity contribution in [2.75, 3.05) is 0 Å². The van der Waals surface area contributed by atoms with Crippen LogP contribution in [0.5, 0.6) is 5.75 Å². The van der Waals surface area contributed by atoms with Gasteiger partial charge in [0.2, 0.25) is 0 Å². The number of carbonyl (C=O) groups is 1. The van der Waals surface area contributed by atoms with Gasteiger partial charge in [-0.1, -0.05) is 0 Å². The first kappa shape index (κ1) is 11.9. The number of phenols is 1. The number of benzene rings is 1. The van der Waals surface area contributed by atoms with E-state index in [1.165, 1.54) is 12.1 Å². The molecule has 17 heavy (non-hydrogen) atoms. The lowest BCUT2D eigenvalue weighted by molar-refractivity contribution is 0.0867. The van der Waals surface area contributed by atoms with E-state index in [4.69, 9.17) is 5.11 Å². The third-order valence-corrected chi connectivity index (χ3v) is 3.16. The van der Waals surface area contributed by atoms with Crippen LogP contribution in [0.15, 0.2) is 24.3 Å². The van der Waals surface area contributed by atoms with Crippen molar-refractivity contribution in [1.29, 1.82) is 0 Å². The molecule has 1 aliphatic rings. The standard InChI is InChI=1S/C13H17NO3/c15-11-5-1-9(2-6-11)13(17)14-10-3-7-12(16)8-4-10/h1-2,5-6,10,12,15-16H,3-4,7-8H2,(H,14,17). The summed E-state index contributed by atoms with van der Waals surface area (Å²) in [6.45, 7) is 0. The maximum absolute atomic E-state index is 11.9. The van der Waals surface area contributed by atoms with Crippen molar-refractivity contribution in [3.05, 3.63) is 29.8 Å². The fraction of sp³-hybridized carbons (Fsp3) is 0.462. The van der Waals surface area contributed by atoms with Crippen molar-refractivity contribution in [1.82, 2.24) is 5.32 Å². The molecular formula is C13H17NO3. The van der Waals surface area contributed by atoms with Gasteiger partial charge in [0.15, 0.2) is 0 Å². The first-order valence-electron chi connectivity index (χ1n) is 5.93. The molecular weight excluding hydrogens is 218 g/mol. The zero-order valence-corrected chi connectivity index (χ0v) is 9.60. The molecule has 0 aliphatic heterocycles. The molecule has 0 bridgehead atoms. The Kier molecular flexibility index (Phi) is 3.64. The van der Waals surface area contributed by atoms with Crippen LogP contribution in [0.1, 0.15) is 36.0 Å². The third-order valence-electron chi connectivity index (χ3n) is 3.16. The summed E-state index contributed by atoms with van der Waals surface area (Å²) in [7, 11) is 0. The number of hydrogen-bond acceptors (Lipinski definition) is 3. The zero-order chi connectivity index (χ0) is 12.3. The fourth-order valence-corrected chi connectivity index (χ4v) is 2.10. The summed E-state index contributed by atoms with van der Waals surface area (Å²) in [4.78, 5) is 11.9. The molecule has 4 heteroatoms. The lowest BCUT2D eigenvalue weighted by Gasteiger charge is -2.26. The smallest absolute Gasteiger partial charge is 0.251 e. The Morgan fingerprint density at radius 1 is 1.12 bits per heavy atom. The quantitative estimate of drug-likeness (QED) is 0.726. The second-order valence-corrected chi connectivity index (χ2v) is 4.53. The largest absolute Gasteiger partial charge is 0.508 e. The number of aliphatic hydroxyl groups excluding tert-OH is 1. The summed E-state index contributed by atoms with van der Waals surface area (Å²) in [5.74, 6) is 0.0359. The van der Waals surface area contributed by atoms with Gasteiger partial charge in [-0.15, -0.1) is 0 Å². The van der Waals surface area contributed by atoms with E-state index in [-0.39, 0.29) is 23.8 Å². The Morgan fingerprint density at radius 2 is 1.71 bits per heavy atom. The Morgan fingerprint density at radius 3 is 2.29 bits per heavy atom. The Bertz CT molecular complexity index is 380. The van der Waals surface area contributed by atoms with Gasteiger partial charge in [0.1, 0.15) is 5.75 Å². The van der Waals surface area contributed by atoms with E-state index in [2.05, 4.69) is 5.32 Å². The number of rotatable bonds is 2. The summed E-state index contributed by atoms with van der Waals surface area (Å²) in [5, 5.41) is 21.4. The predicted molar refractivity (Wildman–Crippen MR) is 63.8 cm³/mol. The number of aromatic hydroxyl groups is 1. The van der Waals surface area contributed by atoms with Gasteiger partial charge in [0, 0.05) is 11.6 Å². The zero-order valence-electron chi connectivity index (χ0n) is 9.60. The molecule has 1 aliphatic carbocycles. The predicted octanol–water partition coefficient (Wildman–Crippen LogP) is 1.43. The number of amides is 1. The number of phenolic OH excluding ortho intramolecular Hbond substituents is 1. The van der Waals surface area contributed by atoms with Crippen LogP contribution in [0.25, 0.3) is 0 Å². The number of nitrogens with one attached hydrogen (secondary N) is 1. The Labute approximate surface area is 100 Å². The van der Waals surface area contributed by atoms with E-state index >= 15 is 0 Å². The molecule has 1 saturated carbocycles. The lowest BCUT2D eigenvalue weighted by Crippen LogP contribution is -2.38. The van der Waals surface area contributed by atoms with Crippen LogP contribution < -0.4 is 5.32 Å². The molecule has 4 nitrogen and oxygen atoms in total. The highest BCUT2D eigenvalue weighted by atomic mass is 16.3. The second kappa shape index (κ2) is 5.19. The minimum absolute atomic E-state index is 0.119. The normalized spacial score (nSPS) is 24.3. The third kappa shape index (κ3) is 3.20.